The summed E-state index contributed by atoms with van der Waals surface area (Å²) in [4.78, 5) is 11.1. The van der Waals surface area contributed by atoms with Crippen LogP contribution in [0.4, 0.5) is 0 Å². The molecule has 20 heavy (non-hydrogen) atoms. The Bertz CT molecular complexity index is 597. The van der Waals surface area contributed by atoms with Crippen LogP contribution in [0.2, 0.25) is 5.15 Å². The Morgan fingerprint density at radius 3 is 2.75 bits per heavy atom. The van der Waals surface area contributed by atoms with E-state index in [1.807, 2.05) is 0 Å². The fourth-order valence-corrected chi connectivity index (χ4v) is 3.67. The quantitative estimate of drug-likeness (QED) is 0.710. The Morgan fingerprint density at radius 2 is 2.05 bits per heavy atom. The van der Waals surface area contributed by atoms with Gasteiger partial charge in [0.05, 0.1) is 5.39 Å². The Hall–Kier alpha value is -0.710. The summed E-state index contributed by atoms with van der Waals surface area (Å²) in [6.45, 7) is 9.71. The second kappa shape index (κ2) is 6.83. The smallest absolute Gasteiger partial charge is 0.157 e. The lowest BCUT2D eigenvalue weighted by molar-refractivity contribution is 0.0850. The van der Waals surface area contributed by atoms with Crippen molar-refractivity contribution in [2.45, 2.75) is 47.1 Å². The lowest BCUT2D eigenvalue weighted by Crippen LogP contribution is -2.07. The number of halogens is 1. The molecule has 0 aromatic carbocycles. The number of rotatable bonds is 6. The first kappa shape index (κ1) is 15.7. The van der Waals surface area contributed by atoms with Crippen LogP contribution in [0, 0.1) is 19.8 Å². The van der Waals surface area contributed by atoms with Crippen molar-refractivity contribution in [2.24, 2.45) is 5.92 Å². The minimum atomic E-state index is 0.430. The molecular weight excluding hydrogens is 292 g/mol. The van der Waals surface area contributed by atoms with Gasteiger partial charge in [-0.1, -0.05) is 31.9 Å². The van der Waals surface area contributed by atoms with Gasteiger partial charge in [-0.25, -0.2) is 9.97 Å². The summed E-state index contributed by atoms with van der Waals surface area (Å²) in [5.74, 6) is 1.25. The first-order valence-electron chi connectivity index (χ1n) is 7.02. The summed E-state index contributed by atoms with van der Waals surface area (Å²) in [7, 11) is 0. The average molecular weight is 313 g/mol. The Balaban J connectivity index is 2.08. The lowest BCUT2D eigenvalue weighted by Gasteiger charge is -2.10. The predicted molar refractivity (Wildman–Crippen MR) is 85.6 cm³/mol. The van der Waals surface area contributed by atoms with E-state index in [1.54, 1.807) is 11.3 Å². The van der Waals surface area contributed by atoms with E-state index >= 15 is 0 Å². The topological polar surface area (TPSA) is 35.0 Å². The molecule has 3 nitrogen and oxygen atoms in total. The largest absolute Gasteiger partial charge is 0.373 e. The number of hydrogen-bond acceptors (Lipinski definition) is 4. The third-order valence-electron chi connectivity index (χ3n) is 3.45. The number of thiophene rings is 1. The minimum Gasteiger partial charge on any atom is -0.373 e. The van der Waals surface area contributed by atoms with E-state index in [4.69, 9.17) is 16.3 Å². The third-order valence-corrected chi connectivity index (χ3v) is 4.82. The SMILES string of the molecule is CCCC(C)COCc1nc(Cl)c2c(C)c(C)sc2n1. The molecule has 0 N–H and O–H groups in total. The van der Waals surface area contributed by atoms with E-state index in [0.717, 1.165) is 16.8 Å². The van der Waals surface area contributed by atoms with E-state index in [0.29, 0.717) is 23.5 Å². The first-order chi connectivity index (χ1) is 9.52. The fraction of sp³-hybridized carbons (Fsp3) is 0.600. The standard InChI is InChI=1S/C15H21ClN2OS/c1-5-6-9(2)7-19-8-12-17-14(16)13-10(3)11(4)20-15(13)18-12/h9H,5-8H2,1-4H3. The van der Waals surface area contributed by atoms with Crippen molar-refractivity contribution in [3.05, 3.63) is 21.4 Å². The molecule has 1 atom stereocenters. The molecule has 0 aliphatic heterocycles. The molecule has 2 aromatic heterocycles. The molecule has 0 radical (unpaired) electrons. The van der Waals surface area contributed by atoms with Crippen molar-refractivity contribution in [2.75, 3.05) is 6.61 Å². The van der Waals surface area contributed by atoms with Crippen LogP contribution in [0.1, 0.15) is 43.0 Å². The number of fused-ring (bicyclic) bond motifs is 1. The molecule has 2 rings (SSSR count). The zero-order valence-electron chi connectivity index (χ0n) is 12.5. The van der Waals surface area contributed by atoms with Crippen LogP contribution in [0.5, 0.6) is 0 Å². The molecule has 0 fully saturated rings. The summed E-state index contributed by atoms with van der Waals surface area (Å²) >= 11 is 7.94. The highest BCUT2D eigenvalue weighted by atomic mass is 35.5. The molecule has 2 heterocycles. The summed E-state index contributed by atoms with van der Waals surface area (Å²) in [6.07, 6.45) is 2.37. The molecule has 1 unspecified atom stereocenters. The van der Waals surface area contributed by atoms with E-state index in [9.17, 15) is 0 Å². The molecule has 110 valence electrons. The molecular formula is C15H21ClN2OS. The highest BCUT2D eigenvalue weighted by Crippen LogP contribution is 2.32. The molecule has 0 saturated heterocycles. The first-order valence-corrected chi connectivity index (χ1v) is 8.22. The van der Waals surface area contributed by atoms with Gasteiger partial charge in [0.15, 0.2) is 5.82 Å². The number of hydrogen-bond donors (Lipinski definition) is 0. The van der Waals surface area contributed by atoms with Crippen molar-refractivity contribution < 1.29 is 4.74 Å². The van der Waals surface area contributed by atoms with Crippen molar-refractivity contribution in [3.8, 4) is 0 Å². The summed E-state index contributed by atoms with van der Waals surface area (Å²) in [6, 6.07) is 0. The fourth-order valence-electron chi connectivity index (χ4n) is 2.23. The maximum absolute atomic E-state index is 6.27. The molecule has 5 heteroatoms. The van der Waals surface area contributed by atoms with Crippen LogP contribution in [0.15, 0.2) is 0 Å². The maximum Gasteiger partial charge on any atom is 0.157 e. The number of aryl methyl sites for hydroxylation is 2. The van der Waals surface area contributed by atoms with Crippen molar-refractivity contribution in [3.63, 3.8) is 0 Å². The van der Waals surface area contributed by atoms with Crippen LogP contribution in [-0.2, 0) is 11.3 Å². The van der Waals surface area contributed by atoms with Crippen LogP contribution in [-0.4, -0.2) is 16.6 Å². The van der Waals surface area contributed by atoms with E-state index in [1.165, 1.54) is 23.3 Å². The highest BCUT2D eigenvalue weighted by molar-refractivity contribution is 7.18. The van der Waals surface area contributed by atoms with Crippen molar-refractivity contribution in [1.82, 2.24) is 9.97 Å². The van der Waals surface area contributed by atoms with E-state index in [2.05, 4.69) is 37.7 Å². The van der Waals surface area contributed by atoms with Crippen molar-refractivity contribution in [1.29, 1.82) is 0 Å². The van der Waals surface area contributed by atoms with Crippen LogP contribution >= 0.6 is 22.9 Å². The van der Waals surface area contributed by atoms with Gasteiger partial charge in [0.25, 0.3) is 0 Å². The van der Waals surface area contributed by atoms with Crippen LogP contribution in [0.3, 0.4) is 0 Å². The Labute approximate surface area is 129 Å². The maximum atomic E-state index is 6.27. The molecule has 0 spiro atoms. The molecule has 0 aliphatic rings. The number of ether oxygens (including phenoxy) is 1. The highest BCUT2D eigenvalue weighted by Gasteiger charge is 2.13. The Morgan fingerprint density at radius 1 is 1.30 bits per heavy atom. The van der Waals surface area contributed by atoms with Gasteiger partial charge >= 0.3 is 0 Å². The normalized spacial score (nSPS) is 13.1. The monoisotopic (exact) mass is 312 g/mol. The van der Waals surface area contributed by atoms with Gasteiger partial charge in [-0.15, -0.1) is 11.3 Å². The summed E-state index contributed by atoms with van der Waals surface area (Å²) < 4.78 is 5.70. The summed E-state index contributed by atoms with van der Waals surface area (Å²) in [5, 5.41) is 1.52. The second-order valence-corrected chi connectivity index (χ2v) is 6.86. The molecule has 2 aromatic rings. The molecule has 0 saturated carbocycles. The molecule has 0 bridgehead atoms. The van der Waals surface area contributed by atoms with Gasteiger partial charge in [0, 0.05) is 11.5 Å². The zero-order valence-corrected chi connectivity index (χ0v) is 14.1. The number of aromatic nitrogens is 2. The van der Waals surface area contributed by atoms with Gasteiger partial charge in [-0.2, -0.15) is 0 Å². The predicted octanol–water partition coefficient (Wildman–Crippen LogP) is 4.91. The van der Waals surface area contributed by atoms with Crippen LogP contribution in [0.25, 0.3) is 10.2 Å². The van der Waals surface area contributed by atoms with E-state index < -0.39 is 0 Å². The second-order valence-electron chi connectivity index (χ2n) is 5.30. The Kier molecular flexibility index (Phi) is 5.35. The molecule has 0 amide bonds. The van der Waals surface area contributed by atoms with Crippen LogP contribution < -0.4 is 0 Å². The van der Waals surface area contributed by atoms with Gasteiger partial charge in [0.2, 0.25) is 0 Å². The van der Waals surface area contributed by atoms with Gasteiger partial charge < -0.3 is 4.74 Å². The summed E-state index contributed by atoms with van der Waals surface area (Å²) in [5.41, 5.74) is 1.18. The minimum absolute atomic E-state index is 0.430. The lowest BCUT2D eigenvalue weighted by atomic mass is 10.1. The van der Waals surface area contributed by atoms with Crippen molar-refractivity contribution >= 4 is 33.2 Å². The number of nitrogens with zero attached hydrogens (tertiary/aromatic N) is 2. The average Bonchev–Trinajstić information content (AvgIpc) is 2.65. The van der Waals surface area contributed by atoms with E-state index in [-0.39, 0.29) is 0 Å². The molecule has 0 aliphatic carbocycles. The van der Waals surface area contributed by atoms with Gasteiger partial charge in [-0.3, -0.25) is 0 Å². The third kappa shape index (κ3) is 3.48. The zero-order chi connectivity index (χ0) is 14.7. The van der Waals surface area contributed by atoms with Gasteiger partial charge in [-0.05, 0) is 31.7 Å². The van der Waals surface area contributed by atoms with Gasteiger partial charge in [0.1, 0.15) is 16.6 Å².